The molecule has 1 aliphatic rings. The van der Waals surface area contributed by atoms with Crippen LogP contribution in [0.1, 0.15) is 92.4 Å². The van der Waals surface area contributed by atoms with E-state index < -0.39 is 16.4 Å². The van der Waals surface area contributed by atoms with Crippen LogP contribution in [0.4, 0.5) is 0 Å². The maximum atomic E-state index is 12.5. The van der Waals surface area contributed by atoms with E-state index in [-0.39, 0.29) is 55.5 Å². The lowest BCUT2D eigenvalue weighted by molar-refractivity contribution is -0.138. The van der Waals surface area contributed by atoms with E-state index in [4.69, 9.17) is 4.74 Å². The lowest BCUT2D eigenvalue weighted by Gasteiger charge is -2.30. The lowest BCUT2D eigenvalue weighted by Crippen LogP contribution is -2.45. The summed E-state index contributed by atoms with van der Waals surface area (Å²) >= 11 is 1.30. The first-order valence-electron chi connectivity index (χ1n) is 13.6. The molecule has 0 radical (unpaired) electrons. The number of rotatable bonds is 20. The highest BCUT2D eigenvalue weighted by Crippen LogP contribution is 2.26. The third-order valence-electron chi connectivity index (χ3n) is 6.34. The largest absolute Gasteiger partial charge is 0.393 e. The molecular formula is C27H47N3O7S. The number of ether oxygens (including phenoxy) is 1. The molecule has 38 heavy (non-hydrogen) atoms. The Morgan fingerprint density at radius 3 is 2.53 bits per heavy atom. The highest BCUT2D eigenvalue weighted by atomic mass is 32.2. The highest BCUT2D eigenvalue weighted by Gasteiger charge is 2.38. The van der Waals surface area contributed by atoms with Gasteiger partial charge in [-0.15, -0.1) is 11.8 Å². The molecule has 0 bridgehead atoms. The van der Waals surface area contributed by atoms with E-state index >= 15 is 0 Å². The number of nitrogens with one attached hydrogen (secondary N) is 2. The summed E-state index contributed by atoms with van der Waals surface area (Å²) in [7, 11) is 0. The van der Waals surface area contributed by atoms with E-state index in [1.165, 1.54) is 11.8 Å². The Morgan fingerprint density at radius 2 is 1.87 bits per heavy atom. The van der Waals surface area contributed by atoms with Gasteiger partial charge >= 0.3 is 0 Å². The molecule has 0 aromatic carbocycles. The third-order valence-corrected chi connectivity index (χ3v) is 7.55. The first-order valence-corrected chi connectivity index (χ1v) is 14.6. The van der Waals surface area contributed by atoms with Crippen molar-refractivity contribution in [3.63, 3.8) is 0 Å². The number of hydrogen-bond acceptors (Lipinski definition) is 8. The number of unbranched alkanes of at least 4 members (excludes halogenated alkanes) is 1. The average molecular weight is 558 g/mol. The number of carbonyl (C=O) groups is 5. The van der Waals surface area contributed by atoms with Crippen molar-refractivity contribution >= 4 is 41.7 Å². The van der Waals surface area contributed by atoms with Crippen molar-refractivity contribution in [2.24, 2.45) is 0 Å². The van der Waals surface area contributed by atoms with Gasteiger partial charge in [0.15, 0.2) is 0 Å². The molecule has 2 unspecified atom stereocenters. The molecule has 1 saturated heterocycles. The Labute approximate surface area is 231 Å². The summed E-state index contributed by atoms with van der Waals surface area (Å²) < 4.78 is 6.02. The van der Waals surface area contributed by atoms with Crippen molar-refractivity contribution < 1.29 is 33.8 Å². The van der Waals surface area contributed by atoms with Gasteiger partial charge in [0.1, 0.15) is 6.29 Å². The summed E-state index contributed by atoms with van der Waals surface area (Å²) in [6, 6.07) is 0. The molecule has 0 saturated carbocycles. The van der Waals surface area contributed by atoms with Gasteiger partial charge in [0, 0.05) is 56.7 Å². The average Bonchev–Trinajstić information content (AvgIpc) is 3.07. The molecule has 0 aromatic rings. The molecular weight excluding hydrogens is 510 g/mol. The molecule has 2 atom stereocenters. The van der Waals surface area contributed by atoms with Gasteiger partial charge in [0.2, 0.25) is 23.6 Å². The maximum absolute atomic E-state index is 12.5. The standard InChI is InChI=1S/C27H47N3O7S/c1-20(32)9-6-7-14-28-22(33)10-12-27(4,5)37-17-13-26(2,3)29-23(34)11-18-38-21-19-24(35)30(25(21)36)15-8-16-31/h16,20-21,32H,6-15,17-19H2,1-5H3,(H,28,33)(H,29,34). The number of aliphatic hydroxyl groups is 1. The zero-order valence-corrected chi connectivity index (χ0v) is 24.5. The first kappa shape index (κ1) is 34.0. The van der Waals surface area contributed by atoms with E-state index in [0.717, 1.165) is 24.2 Å². The van der Waals surface area contributed by atoms with E-state index in [0.29, 0.717) is 44.5 Å². The van der Waals surface area contributed by atoms with Gasteiger partial charge in [-0.05, 0) is 66.7 Å². The van der Waals surface area contributed by atoms with Gasteiger partial charge in [-0.2, -0.15) is 0 Å². The van der Waals surface area contributed by atoms with Gasteiger partial charge in [0.05, 0.1) is 17.0 Å². The fraction of sp³-hybridized carbons (Fsp3) is 0.815. The maximum Gasteiger partial charge on any atom is 0.242 e. The Balaban J connectivity index is 2.26. The predicted molar refractivity (Wildman–Crippen MR) is 148 cm³/mol. The highest BCUT2D eigenvalue weighted by molar-refractivity contribution is 8.00. The van der Waals surface area contributed by atoms with Crippen molar-refractivity contribution in [2.45, 2.75) is 115 Å². The van der Waals surface area contributed by atoms with Crippen LogP contribution in [0, 0.1) is 0 Å². The molecule has 218 valence electrons. The topological polar surface area (TPSA) is 142 Å². The fourth-order valence-electron chi connectivity index (χ4n) is 3.95. The molecule has 1 rings (SSSR count). The molecule has 3 N–H and O–H groups in total. The Hall–Kier alpha value is -1.98. The van der Waals surface area contributed by atoms with Gasteiger partial charge in [-0.1, -0.05) is 0 Å². The summed E-state index contributed by atoms with van der Waals surface area (Å²) in [4.78, 5) is 60.5. The molecule has 1 aliphatic heterocycles. The second kappa shape index (κ2) is 16.9. The fourth-order valence-corrected chi connectivity index (χ4v) is 5.06. The minimum atomic E-state index is -0.497. The van der Waals surface area contributed by atoms with Crippen molar-refractivity contribution in [1.29, 1.82) is 0 Å². The number of amides is 4. The monoisotopic (exact) mass is 557 g/mol. The minimum Gasteiger partial charge on any atom is -0.393 e. The van der Waals surface area contributed by atoms with Gasteiger partial charge in [-0.3, -0.25) is 24.1 Å². The van der Waals surface area contributed by atoms with E-state index in [2.05, 4.69) is 10.6 Å². The quantitative estimate of drug-likeness (QED) is 0.118. The van der Waals surface area contributed by atoms with Crippen molar-refractivity contribution in [2.75, 3.05) is 25.4 Å². The smallest absolute Gasteiger partial charge is 0.242 e. The third kappa shape index (κ3) is 14.2. The van der Waals surface area contributed by atoms with Crippen LogP contribution in [0.3, 0.4) is 0 Å². The summed E-state index contributed by atoms with van der Waals surface area (Å²) in [6.07, 6.45) is 4.82. The molecule has 4 amide bonds. The molecule has 0 aromatic heterocycles. The van der Waals surface area contributed by atoms with Gasteiger partial charge in [-0.25, -0.2) is 0 Å². The molecule has 10 nitrogen and oxygen atoms in total. The number of nitrogens with zero attached hydrogens (tertiary/aromatic N) is 1. The summed E-state index contributed by atoms with van der Waals surface area (Å²) in [5.74, 6) is -0.290. The summed E-state index contributed by atoms with van der Waals surface area (Å²) in [5, 5.41) is 14.7. The number of thioether (sulfide) groups is 1. The van der Waals surface area contributed by atoms with Crippen LogP contribution >= 0.6 is 11.8 Å². The zero-order valence-electron chi connectivity index (χ0n) is 23.7. The lowest BCUT2D eigenvalue weighted by atomic mass is 9.99. The number of hydrogen-bond donors (Lipinski definition) is 3. The predicted octanol–water partition coefficient (Wildman–Crippen LogP) is 2.35. The van der Waals surface area contributed by atoms with Crippen LogP contribution in [-0.2, 0) is 28.7 Å². The van der Waals surface area contributed by atoms with Crippen LogP contribution in [0.5, 0.6) is 0 Å². The van der Waals surface area contributed by atoms with E-state index in [1.807, 2.05) is 27.7 Å². The number of likely N-dealkylation sites (tertiary alicyclic amines) is 1. The van der Waals surface area contributed by atoms with Gasteiger partial charge < -0.3 is 25.3 Å². The van der Waals surface area contributed by atoms with Crippen LogP contribution in [0.15, 0.2) is 0 Å². The second-order valence-electron chi connectivity index (χ2n) is 11.1. The number of imide groups is 1. The van der Waals surface area contributed by atoms with Crippen molar-refractivity contribution in [3.8, 4) is 0 Å². The van der Waals surface area contributed by atoms with Crippen molar-refractivity contribution in [1.82, 2.24) is 15.5 Å². The first-order chi connectivity index (χ1) is 17.8. The van der Waals surface area contributed by atoms with Gasteiger partial charge in [0.25, 0.3) is 0 Å². The van der Waals surface area contributed by atoms with Crippen LogP contribution in [-0.4, -0.2) is 87.9 Å². The number of aldehydes is 1. The number of carbonyl (C=O) groups excluding carboxylic acids is 5. The molecule has 0 aliphatic carbocycles. The molecule has 0 spiro atoms. The number of aliphatic hydroxyl groups excluding tert-OH is 1. The summed E-state index contributed by atoms with van der Waals surface area (Å²) in [6.45, 7) is 10.6. The van der Waals surface area contributed by atoms with E-state index in [1.54, 1.807) is 6.92 Å². The SMILES string of the molecule is CC(O)CCCCNC(=O)CCC(C)(C)OCCC(C)(C)NC(=O)CCSC1CC(=O)N(CCC=O)C1=O. The molecule has 1 heterocycles. The second-order valence-corrected chi connectivity index (χ2v) is 12.4. The van der Waals surface area contributed by atoms with Crippen LogP contribution < -0.4 is 10.6 Å². The van der Waals surface area contributed by atoms with Crippen LogP contribution in [0.25, 0.3) is 0 Å². The molecule has 11 heteroatoms. The minimum absolute atomic E-state index is 0.0125. The Bertz CT molecular complexity index is 802. The van der Waals surface area contributed by atoms with Crippen LogP contribution in [0.2, 0.25) is 0 Å². The Morgan fingerprint density at radius 1 is 1.16 bits per heavy atom. The summed E-state index contributed by atoms with van der Waals surface area (Å²) in [5.41, 5.74) is -0.975. The molecule has 1 fully saturated rings. The normalized spacial score (nSPS) is 17.0. The van der Waals surface area contributed by atoms with Crippen molar-refractivity contribution in [3.05, 3.63) is 0 Å². The zero-order chi connectivity index (χ0) is 28.8. The van der Waals surface area contributed by atoms with E-state index in [9.17, 15) is 29.1 Å². The Kier molecular flexibility index (Phi) is 15.1.